The highest BCUT2D eigenvalue weighted by Crippen LogP contribution is 2.66. The van der Waals surface area contributed by atoms with E-state index in [0.717, 1.165) is 112 Å². The lowest BCUT2D eigenvalue weighted by Gasteiger charge is -2.36. The molecule has 20 aromatic carbocycles. The number of para-hydroxylation sites is 2. The number of rotatable bonds is 13. The van der Waals surface area contributed by atoms with Crippen LogP contribution < -0.4 is 19.7 Å². The van der Waals surface area contributed by atoms with Gasteiger partial charge in [-0.25, -0.2) is 0 Å². The molecule has 4 heterocycles. The molecule has 133 heavy (non-hydrogen) atoms. The van der Waals surface area contributed by atoms with Crippen LogP contribution >= 0.6 is 15.9 Å². The zero-order valence-electron chi connectivity index (χ0n) is 72.3. The summed E-state index contributed by atoms with van der Waals surface area (Å²) >= 11 is 3.58. The highest BCUT2D eigenvalue weighted by Gasteiger charge is 2.56. The maximum absolute atomic E-state index is 7.25. The van der Waals surface area contributed by atoms with Gasteiger partial charge in [0.05, 0.1) is 10.8 Å². The van der Waals surface area contributed by atoms with E-state index in [1.807, 2.05) is 30.3 Å². The van der Waals surface area contributed by atoms with Crippen molar-refractivity contribution in [1.29, 1.82) is 0 Å². The Bertz CT molecular complexity index is 7740. The Morgan fingerprint density at radius 3 is 0.744 bits per heavy atom. The Kier molecular flexibility index (Phi) is 20.1. The molecule has 7 heteroatoms. The molecule has 0 atom stereocenters. The minimum atomic E-state index is -0.680. The monoisotopic (exact) mass is 1770 g/mol. The van der Waals surface area contributed by atoms with Crippen LogP contribution in [-0.2, 0) is 10.8 Å². The number of hydrogen-bond donors (Lipinski definition) is 1. The molecule has 2 spiro atoms. The third kappa shape index (κ3) is 14.1. The lowest BCUT2D eigenvalue weighted by atomic mass is 9.69. The Balaban J connectivity index is 0.000000122. The van der Waals surface area contributed by atoms with Crippen LogP contribution in [0.3, 0.4) is 0 Å². The molecular weight excluding hydrogens is 1690 g/mol. The molecule has 26 rings (SSSR count). The normalized spacial score (nSPS) is 12.6. The third-order valence-corrected chi connectivity index (χ3v) is 27.2. The number of fused-ring (bicyclic) bond motifs is 22. The molecule has 628 valence electrons. The first-order valence-corrected chi connectivity index (χ1v) is 45.9. The van der Waals surface area contributed by atoms with Crippen LogP contribution in [0.2, 0.25) is 0 Å². The molecule has 0 saturated carbocycles. The molecule has 0 bridgehead atoms. The van der Waals surface area contributed by atoms with Gasteiger partial charge in [-0.1, -0.05) is 416 Å². The largest absolute Gasteiger partial charge is 0.455 e. The molecule has 2 aliphatic carbocycles. The number of anilines is 5. The van der Waals surface area contributed by atoms with Gasteiger partial charge in [0.1, 0.15) is 33.5 Å². The van der Waals surface area contributed by atoms with Crippen molar-refractivity contribution in [3.05, 3.63) is 547 Å². The third-order valence-electron chi connectivity index (χ3n) is 26.7. The van der Waals surface area contributed by atoms with E-state index in [4.69, 9.17) is 18.3 Å². The predicted octanol–water partition coefficient (Wildman–Crippen LogP) is 34.8. The summed E-state index contributed by atoms with van der Waals surface area (Å²) in [5.41, 5.74) is 36.9. The van der Waals surface area contributed by atoms with E-state index in [1.54, 1.807) is 0 Å². The number of benzene rings is 20. The molecule has 2 aliphatic heterocycles. The first-order chi connectivity index (χ1) is 65.8. The van der Waals surface area contributed by atoms with Crippen molar-refractivity contribution < 1.29 is 18.3 Å². The minimum Gasteiger partial charge on any atom is -0.455 e. The summed E-state index contributed by atoms with van der Waals surface area (Å²) in [7, 11) is 0. The number of nitrogens with zero attached hydrogens (tertiary/aromatic N) is 1. The van der Waals surface area contributed by atoms with Crippen LogP contribution in [0.15, 0.2) is 511 Å². The van der Waals surface area contributed by atoms with Gasteiger partial charge >= 0.3 is 0 Å². The van der Waals surface area contributed by atoms with Gasteiger partial charge in [0.25, 0.3) is 0 Å². The molecule has 0 amide bonds. The van der Waals surface area contributed by atoms with E-state index in [2.05, 4.69) is 493 Å². The smallest absolute Gasteiger partial charge is 0.178 e. The lowest BCUT2D eigenvalue weighted by molar-refractivity contribution is 0.389. The summed E-state index contributed by atoms with van der Waals surface area (Å²) in [4.78, 5) is 2.32. The molecule has 4 aliphatic rings. The highest BCUT2D eigenvalue weighted by atomic mass is 79.9. The van der Waals surface area contributed by atoms with Gasteiger partial charge in [-0.05, 0) is 225 Å². The van der Waals surface area contributed by atoms with Gasteiger partial charge < -0.3 is 28.5 Å². The van der Waals surface area contributed by atoms with Gasteiger partial charge in [0.2, 0.25) is 0 Å². The average molecular weight is 1770 g/mol. The molecule has 0 radical (unpaired) electrons. The summed E-state index contributed by atoms with van der Waals surface area (Å²) in [6, 6.07) is 176. The van der Waals surface area contributed by atoms with Gasteiger partial charge in [-0.2, -0.15) is 0 Å². The fourth-order valence-corrected chi connectivity index (χ4v) is 20.7. The topological polar surface area (TPSA) is 60.0 Å². The van der Waals surface area contributed by atoms with Crippen molar-refractivity contribution in [3.63, 3.8) is 0 Å². The second kappa shape index (κ2) is 33.7. The molecule has 2 aromatic heterocycles. The molecule has 6 nitrogen and oxygen atoms in total. The van der Waals surface area contributed by atoms with Crippen LogP contribution in [0.1, 0.15) is 44.9 Å². The first kappa shape index (κ1) is 79.5. The van der Waals surface area contributed by atoms with Crippen LogP contribution in [-0.4, -0.2) is 0 Å². The second-order valence-electron chi connectivity index (χ2n) is 34.2. The molecule has 0 fully saturated rings. The van der Waals surface area contributed by atoms with E-state index in [-0.39, 0.29) is 0 Å². The number of halogens is 1. The van der Waals surface area contributed by atoms with Crippen molar-refractivity contribution in [2.24, 2.45) is 0 Å². The number of ether oxygens (including phenoxy) is 2. The van der Waals surface area contributed by atoms with Crippen molar-refractivity contribution in [3.8, 4) is 134 Å². The maximum Gasteiger partial charge on any atom is 0.178 e. The molecule has 0 saturated heterocycles. The Morgan fingerprint density at radius 2 is 0.436 bits per heavy atom. The SMILES string of the molecule is Brc1ccc2c3c(oc2c1)C1(c2ccccc2O3)c2ccccc2-c2ccccc21.c1ccc(-c2ccc(-c3ccc(N(c4ccc(-c5ccc(-c6ccccc6)cc5)cc4)c4ccc5c6c(oc5c4)C4(c5ccccc5O6)c5ccccc5-c5ccccc54)cc3)cc2)cc1.c1ccc(-c2ccc(-c3ccc(Nc4ccc(-c5ccc(-c6ccccc6)cc5)cc4)cc3)cc2)cc1. The average Bonchev–Trinajstić information content (AvgIpc) is 1.52. The maximum atomic E-state index is 7.25. The molecule has 0 unspecified atom stereocenters. The molecular formula is C126H83BrN2O4. The van der Waals surface area contributed by atoms with Gasteiger partial charge in [-0.15, -0.1) is 0 Å². The van der Waals surface area contributed by atoms with Crippen LogP contribution in [0, 0.1) is 0 Å². The van der Waals surface area contributed by atoms with Crippen LogP contribution in [0.4, 0.5) is 28.4 Å². The van der Waals surface area contributed by atoms with Crippen molar-refractivity contribution in [1.82, 2.24) is 0 Å². The Hall–Kier alpha value is -16.8. The van der Waals surface area contributed by atoms with E-state index >= 15 is 0 Å². The fraction of sp³-hybridized carbons (Fsp3) is 0.0159. The van der Waals surface area contributed by atoms with Crippen molar-refractivity contribution in [2.75, 3.05) is 10.2 Å². The number of hydrogen-bond acceptors (Lipinski definition) is 6. The Morgan fingerprint density at radius 1 is 0.203 bits per heavy atom. The minimum absolute atomic E-state index is 0.539. The van der Waals surface area contributed by atoms with Crippen LogP contribution in [0.5, 0.6) is 23.0 Å². The molecule has 22 aromatic rings. The summed E-state index contributed by atoms with van der Waals surface area (Å²) in [6.45, 7) is 0. The predicted molar refractivity (Wildman–Crippen MR) is 549 cm³/mol. The number of furan rings is 2. The van der Waals surface area contributed by atoms with Gasteiger partial charge in [0, 0.05) is 50.1 Å². The summed E-state index contributed by atoms with van der Waals surface area (Å²) < 4.78 is 28.2. The van der Waals surface area contributed by atoms with Crippen molar-refractivity contribution in [2.45, 2.75) is 10.8 Å². The summed E-state index contributed by atoms with van der Waals surface area (Å²) in [6.07, 6.45) is 0. The summed E-state index contributed by atoms with van der Waals surface area (Å²) in [5, 5.41) is 5.45. The zero-order valence-corrected chi connectivity index (χ0v) is 73.9. The van der Waals surface area contributed by atoms with E-state index in [0.29, 0.717) is 0 Å². The molecule has 1 N–H and O–H groups in total. The quantitative estimate of drug-likeness (QED) is 0.124. The zero-order chi connectivity index (χ0) is 88.3. The highest BCUT2D eigenvalue weighted by molar-refractivity contribution is 9.10. The second-order valence-corrected chi connectivity index (χ2v) is 35.1. The lowest BCUT2D eigenvalue weighted by Crippen LogP contribution is -2.31. The van der Waals surface area contributed by atoms with E-state index in [9.17, 15) is 0 Å². The Labute approximate surface area is 781 Å². The van der Waals surface area contributed by atoms with E-state index < -0.39 is 10.8 Å². The van der Waals surface area contributed by atoms with Gasteiger partial charge in [-0.3, -0.25) is 0 Å². The standard InChI is InChI=1S/C63H41NO2.C36H27N.C27H15BrO2/c1-3-13-42(14-4-1)44-23-27-46(28-24-44)48-31-35-50(36-32-48)64(51-37-33-49(34-38-51)47-29-25-45(26-30-47)43-15-5-2-6-16-43)52-39-40-55-60(41-52)66-62-61(55)65-59-22-12-11-21-58(59)63(62)56-19-9-7-17-53(56)54-18-8-10-20-57(54)63;1-3-7-27(8-4-1)29-11-15-31(16-12-29)33-19-23-35(24-20-33)37-36-25-21-34(22-26-36)32-17-13-30(14-18-32)28-9-5-2-6-10-28;28-16-13-14-19-24(15-16)30-26-25(19)29-23-12-6-5-11-22(23)27(26)20-9-3-1-7-17(20)18-8-2-4-10-21(18)27/h1-41H;1-26,37H;1-15H. The first-order valence-electron chi connectivity index (χ1n) is 45.1. The summed E-state index contributed by atoms with van der Waals surface area (Å²) in [5.74, 6) is 4.95. The fourth-order valence-electron chi connectivity index (χ4n) is 20.3. The van der Waals surface area contributed by atoms with Gasteiger partial charge in [0.15, 0.2) is 23.0 Å². The van der Waals surface area contributed by atoms with Crippen molar-refractivity contribution >= 4 is 66.3 Å². The number of nitrogens with one attached hydrogen (secondary N) is 1. The van der Waals surface area contributed by atoms with Crippen LogP contribution in [0.25, 0.3) is 133 Å². The van der Waals surface area contributed by atoms with E-state index in [1.165, 1.54) is 122 Å².